The molecule has 9 nitrogen and oxygen atoms in total. The molecule has 0 bridgehead atoms. The van der Waals surface area contributed by atoms with Crippen molar-refractivity contribution in [2.75, 3.05) is 18.9 Å². The maximum atomic E-state index is 12.5. The molecule has 1 aromatic carbocycles. The molecule has 1 saturated heterocycles. The number of likely N-dealkylation sites (tertiary alicyclic amines) is 1. The second-order valence-corrected chi connectivity index (χ2v) is 8.58. The van der Waals surface area contributed by atoms with E-state index in [1.54, 1.807) is 35.0 Å². The van der Waals surface area contributed by atoms with Gasteiger partial charge in [-0.1, -0.05) is 18.2 Å². The Bertz CT molecular complexity index is 1300. The molecule has 0 radical (unpaired) electrons. The van der Waals surface area contributed by atoms with Crippen LogP contribution < -0.4 is 5.32 Å². The summed E-state index contributed by atoms with van der Waals surface area (Å²) in [6.07, 6.45) is 3.88. The maximum absolute atomic E-state index is 12.5. The normalized spacial score (nSPS) is 18.3. The minimum atomic E-state index is -1.48. The number of nitrogens with zero attached hydrogens (tertiary/aromatic N) is 6. The van der Waals surface area contributed by atoms with Gasteiger partial charge >= 0.3 is 0 Å². The lowest BCUT2D eigenvalue weighted by atomic mass is 9.91. The van der Waals surface area contributed by atoms with Crippen molar-refractivity contribution in [2.24, 2.45) is 7.05 Å². The first-order valence-corrected chi connectivity index (χ1v) is 10.9. The van der Waals surface area contributed by atoms with Crippen LogP contribution in [0.4, 0.5) is 11.8 Å². The highest BCUT2D eigenvalue weighted by molar-refractivity contribution is 7.13. The molecule has 10 heteroatoms. The number of carbonyl (C=O) groups excluding carboxylic acids is 1. The van der Waals surface area contributed by atoms with Gasteiger partial charge in [-0.25, -0.2) is 15.0 Å². The molecule has 1 fully saturated rings. The fraction of sp³-hybridized carbons (Fsp3) is 0.227. The lowest BCUT2D eigenvalue weighted by molar-refractivity contribution is -0.143. The number of aliphatic hydroxyl groups is 1. The van der Waals surface area contributed by atoms with Crippen LogP contribution in [0.5, 0.6) is 0 Å². The molecule has 1 unspecified atom stereocenters. The first kappa shape index (κ1) is 20.3. The number of carbonyl (C=O) groups is 1. The second-order valence-electron chi connectivity index (χ2n) is 7.72. The molecule has 32 heavy (non-hydrogen) atoms. The zero-order chi connectivity index (χ0) is 22.3. The molecule has 1 atom stereocenters. The fourth-order valence-electron chi connectivity index (χ4n) is 3.71. The van der Waals surface area contributed by atoms with E-state index < -0.39 is 5.60 Å². The Morgan fingerprint density at radius 2 is 2.03 bits per heavy atom. The SMILES string of the molecule is CN1CCC(O)(c2cccc(-c3nc(-c4ccnc(Nc5ccn(C)n5)n4)cs3)c2)C1=O. The van der Waals surface area contributed by atoms with Gasteiger partial charge in [0, 0.05) is 56.5 Å². The van der Waals surface area contributed by atoms with E-state index >= 15 is 0 Å². The number of anilines is 2. The third-order valence-electron chi connectivity index (χ3n) is 5.47. The molecule has 1 aliphatic heterocycles. The number of benzene rings is 1. The maximum Gasteiger partial charge on any atom is 0.258 e. The van der Waals surface area contributed by atoms with E-state index in [-0.39, 0.29) is 5.91 Å². The number of aryl methyl sites for hydroxylation is 1. The average molecular weight is 448 g/mol. The summed E-state index contributed by atoms with van der Waals surface area (Å²) in [7, 11) is 3.55. The Hall–Kier alpha value is -3.63. The number of aromatic nitrogens is 5. The van der Waals surface area contributed by atoms with Gasteiger partial charge in [-0.15, -0.1) is 11.3 Å². The average Bonchev–Trinajstić information content (AvgIpc) is 3.52. The highest BCUT2D eigenvalue weighted by atomic mass is 32.1. The van der Waals surface area contributed by atoms with Crippen molar-refractivity contribution < 1.29 is 9.90 Å². The Morgan fingerprint density at radius 1 is 1.16 bits per heavy atom. The standard InChI is InChI=1S/C22H21N7O2S/c1-28-11-8-22(31,20(28)30)15-5-3-4-14(12-15)19-24-17(13-32-19)16-6-9-23-21(25-16)26-18-7-10-29(2)27-18/h3-7,9-10,12-13,31H,8,11H2,1-2H3,(H,23,25,26,27). The van der Waals surface area contributed by atoms with Crippen molar-refractivity contribution in [3.05, 3.63) is 59.7 Å². The largest absolute Gasteiger partial charge is 0.375 e. The molecule has 0 saturated carbocycles. The van der Waals surface area contributed by atoms with Gasteiger partial charge in [-0.3, -0.25) is 9.48 Å². The summed E-state index contributed by atoms with van der Waals surface area (Å²) in [5.41, 5.74) is 1.35. The van der Waals surface area contributed by atoms with Crippen molar-refractivity contribution in [2.45, 2.75) is 12.0 Å². The van der Waals surface area contributed by atoms with Crippen molar-refractivity contribution >= 4 is 29.0 Å². The van der Waals surface area contributed by atoms with Gasteiger partial charge in [-0.05, 0) is 17.7 Å². The first-order chi connectivity index (χ1) is 15.4. The van der Waals surface area contributed by atoms with Gasteiger partial charge in [-0.2, -0.15) is 5.10 Å². The van der Waals surface area contributed by atoms with Crippen LogP contribution >= 0.6 is 11.3 Å². The van der Waals surface area contributed by atoms with E-state index in [1.165, 1.54) is 11.3 Å². The molecule has 4 aromatic rings. The summed E-state index contributed by atoms with van der Waals surface area (Å²) in [4.78, 5) is 27.6. The molecule has 0 spiro atoms. The Kier molecular flexibility index (Phi) is 4.95. The molecule has 2 N–H and O–H groups in total. The van der Waals surface area contributed by atoms with Gasteiger partial charge in [0.05, 0.1) is 5.69 Å². The van der Waals surface area contributed by atoms with Gasteiger partial charge < -0.3 is 15.3 Å². The lowest BCUT2D eigenvalue weighted by Crippen LogP contribution is -2.36. The zero-order valence-electron chi connectivity index (χ0n) is 17.6. The molecule has 1 aliphatic rings. The number of nitrogens with one attached hydrogen (secondary N) is 1. The van der Waals surface area contributed by atoms with Crippen LogP contribution in [0.2, 0.25) is 0 Å². The van der Waals surface area contributed by atoms with Crippen molar-refractivity contribution in [1.82, 2.24) is 29.6 Å². The van der Waals surface area contributed by atoms with E-state index in [0.29, 0.717) is 36.0 Å². The Labute approximate surface area is 188 Å². The minimum absolute atomic E-state index is 0.275. The van der Waals surface area contributed by atoms with E-state index in [2.05, 4.69) is 20.4 Å². The summed E-state index contributed by atoms with van der Waals surface area (Å²) in [6, 6.07) is 11.0. The first-order valence-electron chi connectivity index (χ1n) is 10.1. The van der Waals surface area contributed by atoms with Crippen LogP contribution in [-0.4, -0.2) is 54.2 Å². The Morgan fingerprint density at radius 3 is 2.78 bits per heavy atom. The summed E-state index contributed by atoms with van der Waals surface area (Å²) in [5.74, 6) is 0.817. The van der Waals surface area contributed by atoms with E-state index in [4.69, 9.17) is 4.98 Å². The highest BCUT2D eigenvalue weighted by Crippen LogP contribution is 2.36. The molecule has 162 valence electrons. The van der Waals surface area contributed by atoms with Crippen LogP contribution in [0, 0.1) is 0 Å². The van der Waals surface area contributed by atoms with Crippen LogP contribution in [0.3, 0.4) is 0 Å². The summed E-state index contributed by atoms with van der Waals surface area (Å²) in [6.45, 7) is 0.531. The zero-order valence-corrected chi connectivity index (χ0v) is 18.4. The quantitative estimate of drug-likeness (QED) is 0.484. The Balaban J connectivity index is 1.41. The molecule has 4 heterocycles. The highest BCUT2D eigenvalue weighted by Gasteiger charge is 2.45. The third-order valence-corrected chi connectivity index (χ3v) is 6.36. The van der Waals surface area contributed by atoms with Gasteiger partial charge in [0.1, 0.15) is 10.7 Å². The predicted molar refractivity (Wildman–Crippen MR) is 121 cm³/mol. The molecular weight excluding hydrogens is 426 g/mol. The number of hydrogen-bond acceptors (Lipinski definition) is 8. The summed E-state index contributed by atoms with van der Waals surface area (Å²) < 4.78 is 1.70. The molecule has 0 aliphatic carbocycles. The van der Waals surface area contributed by atoms with Gasteiger partial charge in [0.15, 0.2) is 11.4 Å². The number of hydrogen-bond donors (Lipinski definition) is 2. The van der Waals surface area contributed by atoms with Gasteiger partial charge in [0.2, 0.25) is 5.95 Å². The van der Waals surface area contributed by atoms with E-state index in [9.17, 15) is 9.90 Å². The number of amides is 1. The monoisotopic (exact) mass is 447 g/mol. The van der Waals surface area contributed by atoms with Gasteiger partial charge in [0.25, 0.3) is 5.91 Å². The number of thiazole rings is 1. The molecule has 3 aromatic heterocycles. The molecular formula is C22H21N7O2S. The number of likely N-dealkylation sites (N-methyl/N-ethyl adjacent to an activating group) is 1. The molecule has 5 rings (SSSR count). The lowest BCUT2D eigenvalue weighted by Gasteiger charge is -2.21. The van der Waals surface area contributed by atoms with Crippen LogP contribution in [0.1, 0.15) is 12.0 Å². The smallest absolute Gasteiger partial charge is 0.258 e. The van der Waals surface area contributed by atoms with Crippen LogP contribution in [0.15, 0.2) is 54.2 Å². The van der Waals surface area contributed by atoms with Crippen molar-refractivity contribution in [3.8, 4) is 22.0 Å². The predicted octanol–water partition coefficient (Wildman–Crippen LogP) is 2.79. The van der Waals surface area contributed by atoms with E-state index in [0.717, 1.165) is 16.3 Å². The van der Waals surface area contributed by atoms with Crippen LogP contribution in [-0.2, 0) is 17.4 Å². The second kappa shape index (κ2) is 7.81. The number of rotatable bonds is 5. The van der Waals surface area contributed by atoms with Crippen molar-refractivity contribution in [1.29, 1.82) is 0 Å². The van der Waals surface area contributed by atoms with Crippen LogP contribution in [0.25, 0.3) is 22.0 Å². The van der Waals surface area contributed by atoms with Crippen molar-refractivity contribution in [3.63, 3.8) is 0 Å². The third kappa shape index (κ3) is 3.63. The minimum Gasteiger partial charge on any atom is -0.375 e. The fourth-order valence-corrected chi connectivity index (χ4v) is 4.52. The summed E-state index contributed by atoms with van der Waals surface area (Å²) >= 11 is 1.48. The van der Waals surface area contributed by atoms with E-state index in [1.807, 2.05) is 42.9 Å². The molecule has 1 amide bonds. The summed E-state index contributed by atoms with van der Waals surface area (Å²) in [5, 5.41) is 21.0. The topological polar surface area (TPSA) is 109 Å².